The van der Waals surface area contributed by atoms with Gasteiger partial charge in [-0.2, -0.15) is 16.8 Å². The average molecular weight is 360 g/mol. The number of hydrogen-bond donors (Lipinski definition) is 2. The van der Waals surface area contributed by atoms with Gasteiger partial charge in [-0.3, -0.25) is 9.11 Å². The predicted molar refractivity (Wildman–Crippen MR) is 73.1 cm³/mol. The van der Waals surface area contributed by atoms with Gasteiger partial charge in [-0.05, 0) is 12.8 Å². The van der Waals surface area contributed by atoms with E-state index in [1.165, 1.54) is 0 Å². The molecule has 0 unspecified atom stereocenters. The van der Waals surface area contributed by atoms with E-state index >= 15 is 0 Å². The summed E-state index contributed by atoms with van der Waals surface area (Å²) in [6.07, 6.45) is 1.30. The van der Waals surface area contributed by atoms with E-state index in [2.05, 4.69) is 9.47 Å². The van der Waals surface area contributed by atoms with Crippen LogP contribution in [-0.2, 0) is 39.3 Å². The molecular formula is C10H16O10S2. The average Bonchev–Trinajstić information content (AvgIpc) is 2.35. The van der Waals surface area contributed by atoms with Crippen LogP contribution in [-0.4, -0.2) is 62.6 Å². The molecular weight excluding hydrogens is 344 g/mol. The molecule has 0 aliphatic heterocycles. The van der Waals surface area contributed by atoms with Crippen LogP contribution in [0.1, 0.15) is 12.8 Å². The highest BCUT2D eigenvalue weighted by Gasteiger charge is 2.07. The molecule has 0 spiro atoms. The van der Waals surface area contributed by atoms with Crippen molar-refractivity contribution < 1.29 is 45.0 Å². The third-order valence-corrected chi connectivity index (χ3v) is 3.55. The Hall–Kier alpha value is -1.50. The molecule has 0 saturated heterocycles. The molecule has 0 aliphatic carbocycles. The maximum atomic E-state index is 11.1. The third-order valence-electron chi connectivity index (χ3n) is 1.94. The monoisotopic (exact) mass is 360 g/mol. The largest absolute Gasteiger partial charge is 0.462 e. The number of rotatable bonds is 10. The van der Waals surface area contributed by atoms with Crippen LogP contribution < -0.4 is 0 Å². The SMILES string of the molecule is O=C(C=CC(=O)OCCCS(=O)(=O)O)OCCCS(=O)(=O)O. The molecule has 0 aromatic rings. The Kier molecular flexibility index (Phi) is 8.86. The number of carbonyl (C=O) groups excluding carboxylic acids is 2. The first-order valence-corrected chi connectivity index (χ1v) is 9.13. The van der Waals surface area contributed by atoms with E-state index in [0.29, 0.717) is 0 Å². The second-order valence-corrected chi connectivity index (χ2v) is 7.09. The van der Waals surface area contributed by atoms with Crippen molar-refractivity contribution in [3.8, 4) is 0 Å². The molecule has 0 aliphatic rings. The quantitative estimate of drug-likeness (QED) is 0.218. The normalized spacial score (nSPS) is 12.3. The molecule has 2 N–H and O–H groups in total. The molecule has 128 valence electrons. The Labute approximate surface area is 127 Å². The van der Waals surface area contributed by atoms with Gasteiger partial charge in [0.25, 0.3) is 20.2 Å². The summed E-state index contributed by atoms with van der Waals surface area (Å²) >= 11 is 0. The maximum absolute atomic E-state index is 11.1. The van der Waals surface area contributed by atoms with Crippen LogP contribution in [0.4, 0.5) is 0 Å². The standard InChI is InChI=1S/C10H16O10S2/c11-9(19-5-1-7-21(13,14)15)3-4-10(12)20-6-2-8-22(16,17)18/h3-4H,1-2,5-8H2,(H,13,14,15)(H,16,17,18). The van der Waals surface area contributed by atoms with E-state index < -0.39 is 43.7 Å². The lowest BCUT2D eigenvalue weighted by atomic mass is 10.5. The van der Waals surface area contributed by atoms with Crippen molar-refractivity contribution in [2.45, 2.75) is 12.8 Å². The number of esters is 2. The van der Waals surface area contributed by atoms with Gasteiger partial charge in [0.05, 0.1) is 24.7 Å². The summed E-state index contributed by atoms with van der Waals surface area (Å²) in [5, 5.41) is 0. The number of hydrogen-bond acceptors (Lipinski definition) is 8. The van der Waals surface area contributed by atoms with Crippen molar-refractivity contribution in [1.82, 2.24) is 0 Å². The van der Waals surface area contributed by atoms with Crippen LogP contribution in [0.25, 0.3) is 0 Å². The fraction of sp³-hybridized carbons (Fsp3) is 0.600. The van der Waals surface area contributed by atoms with E-state index in [1.807, 2.05) is 0 Å². The van der Waals surface area contributed by atoms with E-state index in [1.54, 1.807) is 0 Å². The van der Waals surface area contributed by atoms with Crippen molar-refractivity contribution in [2.24, 2.45) is 0 Å². The zero-order valence-corrected chi connectivity index (χ0v) is 13.0. The highest BCUT2D eigenvalue weighted by atomic mass is 32.2. The van der Waals surface area contributed by atoms with Gasteiger partial charge < -0.3 is 9.47 Å². The first kappa shape index (κ1) is 20.5. The summed E-state index contributed by atoms with van der Waals surface area (Å²) in [4.78, 5) is 22.2. The van der Waals surface area contributed by atoms with Crippen LogP contribution in [0.2, 0.25) is 0 Å². The summed E-state index contributed by atoms with van der Waals surface area (Å²) < 4.78 is 67.4. The van der Waals surface area contributed by atoms with Gasteiger partial charge in [0.15, 0.2) is 0 Å². The highest BCUT2D eigenvalue weighted by Crippen LogP contribution is 1.93. The predicted octanol–water partition coefficient (Wildman–Crippen LogP) is -0.815. The first-order chi connectivity index (χ1) is 9.99. The van der Waals surface area contributed by atoms with Crippen LogP contribution >= 0.6 is 0 Å². The van der Waals surface area contributed by atoms with Crippen molar-refractivity contribution in [3.63, 3.8) is 0 Å². The highest BCUT2D eigenvalue weighted by molar-refractivity contribution is 7.86. The lowest BCUT2D eigenvalue weighted by Crippen LogP contribution is -2.11. The summed E-state index contributed by atoms with van der Waals surface area (Å²) in [6.45, 7) is -0.515. The first-order valence-electron chi connectivity index (χ1n) is 5.91. The zero-order chi connectivity index (χ0) is 17.2. The van der Waals surface area contributed by atoms with Crippen molar-refractivity contribution in [3.05, 3.63) is 12.2 Å². The molecule has 0 radical (unpaired) electrons. The van der Waals surface area contributed by atoms with Gasteiger partial charge in [0, 0.05) is 12.2 Å². The van der Waals surface area contributed by atoms with Crippen LogP contribution in [0.15, 0.2) is 12.2 Å². The second kappa shape index (κ2) is 9.50. The van der Waals surface area contributed by atoms with Gasteiger partial charge in [-0.25, -0.2) is 9.59 Å². The Balaban J connectivity index is 3.85. The lowest BCUT2D eigenvalue weighted by Gasteiger charge is -2.01. The molecule has 0 fully saturated rings. The summed E-state index contributed by atoms with van der Waals surface area (Å²) in [5.41, 5.74) is 0. The smallest absolute Gasteiger partial charge is 0.331 e. The molecule has 0 bridgehead atoms. The van der Waals surface area contributed by atoms with Crippen LogP contribution in [0, 0.1) is 0 Å². The minimum Gasteiger partial charge on any atom is -0.462 e. The van der Waals surface area contributed by atoms with Gasteiger partial charge >= 0.3 is 11.9 Å². The van der Waals surface area contributed by atoms with E-state index in [0.717, 1.165) is 12.2 Å². The van der Waals surface area contributed by atoms with Gasteiger partial charge in [-0.15, -0.1) is 0 Å². The molecule has 0 saturated carbocycles. The third kappa shape index (κ3) is 14.9. The minimum atomic E-state index is -4.12. The van der Waals surface area contributed by atoms with Gasteiger partial charge in [0.1, 0.15) is 0 Å². The number of carbonyl (C=O) groups is 2. The Morgan fingerprint density at radius 1 is 0.773 bits per heavy atom. The summed E-state index contributed by atoms with van der Waals surface area (Å²) in [7, 11) is -8.23. The maximum Gasteiger partial charge on any atom is 0.331 e. The summed E-state index contributed by atoms with van der Waals surface area (Å²) in [5.74, 6) is -2.94. The van der Waals surface area contributed by atoms with Crippen molar-refractivity contribution in [2.75, 3.05) is 24.7 Å². The molecule has 0 aromatic carbocycles. The van der Waals surface area contributed by atoms with Crippen LogP contribution in [0.5, 0.6) is 0 Å². The summed E-state index contributed by atoms with van der Waals surface area (Å²) in [6, 6.07) is 0. The lowest BCUT2D eigenvalue weighted by molar-refractivity contribution is -0.140. The van der Waals surface area contributed by atoms with E-state index in [9.17, 15) is 26.4 Å². The minimum absolute atomic E-state index is 0.0987. The molecule has 12 heteroatoms. The fourth-order valence-corrected chi connectivity index (χ4v) is 2.03. The molecule has 22 heavy (non-hydrogen) atoms. The van der Waals surface area contributed by atoms with Crippen LogP contribution in [0.3, 0.4) is 0 Å². The molecule has 0 heterocycles. The zero-order valence-electron chi connectivity index (χ0n) is 11.4. The van der Waals surface area contributed by atoms with Crippen molar-refractivity contribution in [1.29, 1.82) is 0 Å². The Morgan fingerprint density at radius 3 is 1.36 bits per heavy atom. The van der Waals surface area contributed by atoms with Gasteiger partial charge in [0.2, 0.25) is 0 Å². The Bertz CT molecular complexity index is 548. The van der Waals surface area contributed by atoms with Gasteiger partial charge in [-0.1, -0.05) is 0 Å². The number of ether oxygens (including phenoxy) is 2. The molecule has 0 amide bonds. The fourth-order valence-electron chi connectivity index (χ4n) is 1.06. The topological polar surface area (TPSA) is 161 Å². The second-order valence-electron chi connectivity index (χ2n) is 3.95. The van der Waals surface area contributed by atoms with E-state index in [-0.39, 0.29) is 26.1 Å². The Morgan fingerprint density at radius 2 is 1.09 bits per heavy atom. The van der Waals surface area contributed by atoms with E-state index in [4.69, 9.17) is 9.11 Å². The molecule has 10 nitrogen and oxygen atoms in total. The molecule has 0 rings (SSSR count). The molecule has 0 atom stereocenters. The van der Waals surface area contributed by atoms with Crippen molar-refractivity contribution >= 4 is 32.2 Å². The molecule has 0 aromatic heterocycles.